The van der Waals surface area contributed by atoms with Gasteiger partial charge in [0.25, 0.3) is 0 Å². The van der Waals surface area contributed by atoms with Crippen LogP contribution in [0.1, 0.15) is 25.7 Å². The van der Waals surface area contributed by atoms with Crippen LogP contribution in [-0.4, -0.2) is 72.9 Å². The molecule has 3 aromatic rings. The normalized spacial score (nSPS) is 20.4. The van der Waals surface area contributed by atoms with E-state index in [0.717, 1.165) is 12.8 Å². The first-order valence-electron chi connectivity index (χ1n) is 12.7. The highest BCUT2D eigenvalue weighted by Gasteiger charge is 2.33. The van der Waals surface area contributed by atoms with Crippen LogP contribution >= 0.6 is 11.6 Å². The average molecular weight is 544 g/mol. The van der Waals surface area contributed by atoms with Gasteiger partial charge in [0.05, 0.1) is 23.3 Å². The number of nitrogens with one attached hydrogen (secondary N) is 2. The Kier molecular flexibility index (Phi) is 8.11. The molecule has 11 heteroatoms. The maximum Gasteiger partial charge on any atom is 0.221 e. The molecule has 1 aromatic heterocycles. The molecule has 3 heterocycles. The Balaban J connectivity index is 1.31. The topological polar surface area (TPSA) is 97.8 Å². The minimum absolute atomic E-state index is 0.0143. The van der Waals surface area contributed by atoms with Crippen LogP contribution in [0.4, 0.5) is 15.9 Å². The molecule has 2 fully saturated rings. The number of carbonyl (C=O) groups is 1. The largest absolute Gasteiger partial charge is 0.493 e. The Labute approximate surface area is 225 Å². The molecule has 38 heavy (non-hydrogen) atoms. The lowest BCUT2D eigenvalue weighted by molar-refractivity contribution is -0.123. The van der Waals surface area contributed by atoms with Crippen molar-refractivity contribution in [3.05, 3.63) is 47.5 Å². The van der Waals surface area contributed by atoms with E-state index in [4.69, 9.17) is 25.8 Å². The van der Waals surface area contributed by atoms with Crippen molar-refractivity contribution in [3.63, 3.8) is 0 Å². The second kappa shape index (κ2) is 11.7. The number of anilines is 2. The summed E-state index contributed by atoms with van der Waals surface area (Å²) in [5.41, 5.74) is 0.815. The van der Waals surface area contributed by atoms with Gasteiger partial charge in [-0.2, -0.15) is 0 Å². The van der Waals surface area contributed by atoms with Gasteiger partial charge in [-0.15, -0.1) is 0 Å². The van der Waals surface area contributed by atoms with Crippen molar-refractivity contribution in [1.29, 1.82) is 0 Å². The number of rotatable bonds is 8. The van der Waals surface area contributed by atoms with Gasteiger partial charge in [0.2, 0.25) is 5.91 Å². The first-order chi connectivity index (χ1) is 18.4. The highest BCUT2D eigenvalue weighted by molar-refractivity contribution is 6.31. The van der Waals surface area contributed by atoms with E-state index in [2.05, 4.69) is 25.5 Å². The summed E-state index contributed by atoms with van der Waals surface area (Å²) in [6.07, 6.45) is 4.07. The number of halogens is 2. The van der Waals surface area contributed by atoms with Gasteiger partial charge in [-0.1, -0.05) is 17.7 Å². The molecule has 9 nitrogen and oxygen atoms in total. The molecule has 202 valence electrons. The predicted molar refractivity (Wildman–Crippen MR) is 143 cm³/mol. The van der Waals surface area contributed by atoms with E-state index in [0.29, 0.717) is 60.8 Å². The number of carbonyl (C=O) groups excluding carboxylic acids is 1. The van der Waals surface area contributed by atoms with Gasteiger partial charge in [0.1, 0.15) is 18.2 Å². The molecule has 2 aliphatic heterocycles. The molecular formula is C27H31ClFN5O4. The Bertz CT molecular complexity index is 1310. The third kappa shape index (κ3) is 5.92. The second-order valence-corrected chi connectivity index (χ2v) is 10.1. The Morgan fingerprint density at radius 3 is 2.84 bits per heavy atom. The second-order valence-electron chi connectivity index (χ2n) is 9.70. The molecule has 0 spiro atoms. The van der Waals surface area contributed by atoms with Crippen LogP contribution < -0.4 is 20.1 Å². The lowest BCUT2D eigenvalue weighted by atomic mass is 10.1. The summed E-state index contributed by atoms with van der Waals surface area (Å²) in [5, 5.41) is 6.81. The maximum absolute atomic E-state index is 14.5. The van der Waals surface area contributed by atoms with Crippen molar-refractivity contribution < 1.29 is 23.4 Å². The van der Waals surface area contributed by atoms with E-state index in [1.54, 1.807) is 31.4 Å². The van der Waals surface area contributed by atoms with Crippen LogP contribution in [0.3, 0.4) is 0 Å². The Morgan fingerprint density at radius 1 is 1.24 bits per heavy atom. The number of hydrogen-bond acceptors (Lipinski definition) is 8. The number of aromatic nitrogens is 2. The number of likely N-dealkylation sites (N-methyl/N-ethyl adjacent to an activating group) is 1. The smallest absolute Gasteiger partial charge is 0.221 e. The van der Waals surface area contributed by atoms with E-state index in [1.807, 2.05) is 7.05 Å². The molecule has 0 bridgehead atoms. The molecule has 2 atom stereocenters. The summed E-state index contributed by atoms with van der Waals surface area (Å²) in [7, 11) is 3.57. The van der Waals surface area contributed by atoms with E-state index in [9.17, 15) is 9.18 Å². The summed E-state index contributed by atoms with van der Waals surface area (Å²) in [4.78, 5) is 23.5. The molecule has 0 radical (unpaired) electrons. The van der Waals surface area contributed by atoms with Crippen molar-refractivity contribution in [1.82, 2.24) is 20.2 Å². The fourth-order valence-electron chi connectivity index (χ4n) is 5.02. The summed E-state index contributed by atoms with van der Waals surface area (Å²) in [6.45, 7) is 2.04. The molecule has 1 amide bonds. The zero-order chi connectivity index (χ0) is 26.6. The van der Waals surface area contributed by atoms with Crippen LogP contribution in [0.15, 0.2) is 36.7 Å². The first kappa shape index (κ1) is 26.4. The van der Waals surface area contributed by atoms with Crippen LogP contribution in [0.25, 0.3) is 10.9 Å². The predicted octanol–water partition coefficient (Wildman–Crippen LogP) is 4.31. The minimum atomic E-state index is -0.563. The third-order valence-electron chi connectivity index (χ3n) is 7.08. The van der Waals surface area contributed by atoms with Crippen LogP contribution in [-0.2, 0) is 9.53 Å². The number of nitrogens with zero attached hydrogens (tertiary/aromatic N) is 3. The number of benzene rings is 2. The summed E-state index contributed by atoms with van der Waals surface area (Å²) in [6, 6.07) is 8.54. The quantitative estimate of drug-likeness (QED) is 0.434. The number of amides is 1. The van der Waals surface area contributed by atoms with Crippen LogP contribution in [0.2, 0.25) is 5.02 Å². The van der Waals surface area contributed by atoms with E-state index >= 15 is 0 Å². The monoisotopic (exact) mass is 543 g/mol. The zero-order valence-electron chi connectivity index (χ0n) is 21.4. The number of methoxy groups -OCH3 is 1. The van der Waals surface area contributed by atoms with E-state index < -0.39 is 5.82 Å². The molecule has 2 aromatic carbocycles. The summed E-state index contributed by atoms with van der Waals surface area (Å²) < 4.78 is 31.9. The fourth-order valence-corrected chi connectivity index (χ4v) is 5.19. The van der Waals surface area contributed by atoms with Crippen molar-refractivity contribution >= 4 is 39.9 Å². The van der Waals surface area contributed by atoms with Gasteiger partial charge in [-0.3, -0.25) is 9.69 Å². The van der Waals surface area contributed by atoms with Crippen molar-refractivity contribution in [2.24, 2.45) is 0 Å². The van der Waals surface area contributed by atoms with Gasteiger partial charge in [0.15, 0.2) is 17.3 Å². The molecular weight excluding hydrogens is 513 g/mol. The molecule has 5 rings (SSSR count). The summed E-state index contributed by atoms with van der Waals surface area (Å²) >= 11 is 5.94. The molecule has 0 unspecified atom stereocenters. The van der Waals surface area contributed by atoms with Crippen molar-refractivity contribution in [2.45, 2.75) is 43.9 Å². The third-order valence-corrected chi connectivity index (χ3v) is 7.37. The van der Waals surface area contributed by atoms with Crippen LogP contribution in [0, 0.1) is 5.82 Å². The van der Waals surface area contributed by atoms with Gasteiger partial charge < -0.3 is 24.8 Å². The molecule has 2 N–H and O–H groups in total. The Morgan fingerprint density at radius 2 is 2.05 bits per heavy atom. The van der Waals surface area contributed by atoms with Crippen molar-refractivity contribution in [3.8, 4) is 11.5 Å². The Hall–Kier alpha value is -3.21. The summed E-state index contributed by atoms with van der Waals surface area (Å²) in [5.74, 6) is 0.954. The molecule has 2 aliphatic rings. The fraction of sp³-hybridized carbons (Fsp3) is 0.444. The number of hydrogen-bond donors (Lipinski definition) is 2. The molecule has 2 saturated heterocycles. The first-order valence-corrected chi connectivity index (χ1v) is 13.1. The minimum Gasteiger partial charge on any atom is -0.493 e. The number of fused-ring (bicyclic) bond motifs is 1. The highest BCUT2D eigenvalue weighted by Crippen LogP contribution is 2.37. The molecule has 0 aliphatic carbocycles. The zero-order valence-corrected chi connectivity index (χ0v) is 22.1. The lowest BCUT2D eigenvalue weighted by Gasteiger charge is -2.25. The average Bonchev–Trinajstić information content (AvgIpc) is 3.25. The van der Waals surface area contributed by atoms with E-state index in [1.165, 1.54) is 12.4 Å². The van der Waals surface area contributed by atoms with Gasteiger partial charge in [-0.05, 0) is 38.1 Å². The highest BCUT2D eigenvalue weighted by atomic mass is 35.5. The maximum atomic E-state index is 14.5. The number of ether oxygens (including phenoxy) is 3. The standard InChI is InChI=1S/C27H31ClFN5O4/c1-34-14-18(10-17(34)11-25(35)32-16-6-8-37-9-7-16)38-24-12-19-22(13-23(24)36-2)30-15-31-27(19)33-21-5-3-4-20(28)26(21)29/h3-5,12-13,15-18H,6-11,14H2,1-2H3,(H,32,35)(H,30,31,33)/t17-,18-/m0/s1. The van der Waals surface area contributed by atoms with Crippen LogP contribution in [0.5, 0.6) is 11.5 Å². The molecule has 0 saturated carbocycles. The van der Waals surface area contributed by atoms with Gasteiger partial charge in [-0.25, -0.2) is 14.4 Å². The lowest BCUT2D eigenvalue weighted by Crippen LogP contribution is -2.41. The van der Waals surface area contributed by atoms with Gasteiger partial charge in [0, 0.05) is 56.1 Å². The van der Waals surface area contributed by atoms with Gasteiger partial charge >= 0.3 is 0 Å². The number of likely N-dealkylation sites (tertiary alicyclic amines) is 1. The van der Waals surface area contributed by atoms with E-state index in [-0.39, 0.29) is 34.8 Å². The SMILES string of the molecule is COc1cc2ncnc(Nc3cccc(Cl)c3F)c2cc1O[C@H]1C[C@@H](CC(=O)NC2CCOCC2)N(C)C1. The van der Waals surface area contributed by atoms with Crippen molar-refractivity contribution in [2.75, 3.05) is 39.2 Å².